The third-order valence-electron chi connectivity index (χ3n) is 4.69. The van der Waals surface area contributed by atoms with Crippen LogP contribution in [0, 0.1) is 11.3 Å². The number of rotatable bonds is 8. The maximum Gasteiger partial charge on any atom is 0.342 e. The first-order valence-electron chi connectivity index (χ1n) is 9.84. The van der Waals surface area contributed by atoms with Gasteiger partial charge in [-0.05, 0) is 53.7 Å². The molecule has 0 fully saturated rings. The minimum atomic E-state index is -1.10. The summed E-state index contributed by atoms with van der Waals surface area (Å²) >= 11 is 0.928. The predicted octanol–water partition coefficient (Wildman–Crippen LogP) is 5.50. The largest absolute Gasteiger partial charge is 0.493 e. The summed E-state index contributed by atoms with van der Waals surface area (Å²) < 4.78 is 16.9. The third-order valence-corrected chi connectivity index (χ3v) is 5.55. The SMILES string of the molecule is COc1cc(/C=C(\Sc2nc3ccccc3o2)C(=O)O)ccc1OCc1ccccc1C#N. The Morgan fingerprint density at radius 3 is 2.70 bits per heavy atom. The Bertz CT molecular complexity index is 1350. The highest BCUT2D eigenvalue weighted by atomic mass is 32.2. The monoisotopic (exact) mass is 458 g/mol. The van der Waals surface area contributed by atoms with Gasteiger partial charge in [0.1, 0.15) is 17.0 Å². The van der Waals surface area contributed by atoms with Crippen LogP contribution in [0.25, 0.3) is 17.2 Å². The highest BCUT2D eigenvalue weighted by Crippen LogP contribution is 2.33. The molecule has 164 valence electrons. The summed E-state index contributed by atoms with van der Waals surface area (Å²) in [5.74, 6) is -0.185. The predicted molar refractivity (Wildman–Crippen MR) is 124 cm³/mol. The molecule has 0 aliphatic heterocycles. The first-order valence-corrected chi connectivity index (χ1v) is 10.7. The summed E-state index contributed by atoms with van der Waals surface area (Å²) in [5.41, 5.74) is 3.15. The van der Waals surface area contributed by atoms with Crippen LogP contribution < -0.4 is 9.47 Å². The van der Waals surface area contributed by atoms with Gasteiger partial charge in [0, 0.05) is 5.56 Å². The van der Waals surface area contributed by atoms with E-state index in [2.05, 4.69) is 11.1 Å². The van der Waals surface area contributed by atoms with E-state index in [1.165, 1.54) is 13.2 Å². The van der Waals surface area contributed by atoms with Crippen LogP contribution in [0.4, 0.5) is 0 Å². The number of hydrogen-bond donors (Lipinski definition) is 1. The van der Waals surface area contributed by atoms with Gasteiger partial charge >= 0.3 is 5.97 Å². The van der Waals surface area contributed by atoms with Crippen molar-refractivity contribution in [3.63, 3.8) is 0 Å². The maximum atomic E-state index is 11.8. The number of benzene rings is 3. The molecule has 0 atom stereocenters. The Morgan fingerprint density at radius 2 is 1.94 bits per heavy atom. The van der Waals surface area contributed by atoms with E-state index in [9.17, 15) is 15.2 Å². The van der Waals surface area contributed by atoms with Crippen LogP contribution in [0.1, 0.15) is 16.7 Å². The smallest absolute Gasteiger partial charge is 0.342 e. The normalized spacial score (nSPS) is 11.2. The number of ether oxygens (including phenoxy) is 2. The van der Waals surface area contributed by atoms with Crippen molar-refractivity contribution in [3.8, 4) is 17.6 Å². The summed E-state index contributed by atoms with van der Waals surface area (Å²) in [6.07, 6.45) is 1.51. The average Bonchev–Trinajstić information content (AvgIpc) is 3.25. The molecule has 1 heterocycles. The minimum Gasteiger partial charge on any atom is -0.493 e. The Labute approximate surface area is 193 Å². The first-order chi connectivity index (χ1) is 16.1. The van der Waals surface area contributed by atoms with Crippen molar-refractivity contribution in [2.45, 2.75) is 11.8 Å². The second kappa shape index (κ2) is 9.94. The quantitative estimate of drug-likeness (QED) is 0.272. The van der Waals surface area contributed by atoms with E-state index in [0.29, 0.717) is 33.7 Å². The van der Waals surface area contributed by atoms with Gasteiger partial charge in [0.2, 0.25) is 0 Å². The molecule has 0 aliphatic carbocycles. The molecular weight excluding hydrogens is 440 g/mol. The molecule has 0 aliphatic rings. The van der Waals surface area contributed by atoms with Crippen molar-refractivity contribution >= 4 is 34.9 Å². The Morgan fingerprint density at radius 1 is 1.15 bits per heavy atom. The molecule has 3 aromatic carbocycles. The number of nitriles is 1. The zero-order valence-corrected chi connectivity index (χ0v) is 18.3. The van der Waals surface area contributed by atoms with Crippen molar-refractivity contribution < 1.29 is 23.8 Å². The summed E-state index contributed by atoms with van der Waals surface area (Å²) in [6, 6.07) is 21.7. The van der Waals surface area contributed by atoms with Crippen molar-refractivity contribution in [1.29, 1.82) is 5.26 Å². The van der Waals surface area contributed by atoms with Crippen molar-refractivity contribution in [2.24, 2.45) is 0 Å². The number of carboxylic acids is 1. The first kappa shape index (κ1) is 22.0. The minimum absolute atomic E-state index is 0.0419. The zero-order chi connectivity index (χ0) is 23.2. The van der Waals surface area contributed by atoms with E-state index in [4.69, 9.17) is 13.9 Å². The number of fused-ring (bicyclic) bond motifs is 1. The van der Waals surface area contributed by atoms with Gasteiger partial charge in [0.15, 0.2) is 17.1 Å². The second-order valence-corrected chi connectivity index (χ2v) is 7.82. The molecule has 1 N–H and O–H groups in total. The highest BCUT2D eigenvalue weighted by molar-refractivity contribution is 8.03. The van der Waals surface area contributed by atoms with Gasteiger partial charge in [-0.1, -0.05) is 36.4 Å². The van der Waals surface area contributed by atoms with Crippen LogP contribution in [0.3, 0.4) is 0 Å². The average molecular weight is 458 g/mol. The molecule has 0 saturated heterocycles. The summed E-state index contributed by atoms with van der Waals surface area (Å²) in [7, 11) is 1.50. The molecule has 0 unspecified atom stereocenters. The van der Waals surface area contributed by atoms with E-state index in [-0.39, 0.29) is 16.7 Å². The number of para-hydroxylation sites is 2. The van der Waals surface area contributed by atoms with Gasteiger partial charge in [-0.15, -0.1) is 0 Å². The van der Waals surface area contributed by atoms with Crippen molar-refractivity contribution in [2.75, 3.05) is 7.11 Å². The number of methoxy groups -OCH3 is 1. The molecule has 7 nitrogen and oxygen atoms in total. The Balaban J connectivity index is 1.55. The molecule has 4 rings (SSSR count). The van der Waals surface area contributed by atoms with Gasteiger partial charge < -0.3 is 19.0 Å². The fourth-order valence-corrected chi connectivity index (χ4v) is 3.82. The highest BCUT2D eigenvalue weighted by Gasteiger charge is 2.16. The van der Waals surface area contributed by atoms with Crippen molar-refractivity contribution in [3.05, 3.63) is 88.3 Å². The molecule has 33 heavy (non-hydrogen) atoms. The molecular formula is C25H18N2O5S. The lowest BCUT2D eigenvalue weighted by atomic mass is 10.1. The molecule has 0 radical (unpaired) electrons. The molecule has 1 aromatic heterocycles. The molecule has 8 heteroatoms. The number of hydrogen-bond acceptors (Lipinski definition) is 7. The van der Waals surface area contributed by atoms with Crippen LogP contribution in [0.2, 0.25) is 0 Å². The topological polar surface area (TPSA) is 106 Å². The number of carboxylic acid groups (broad SMARTS) is 1. The van der Waals surface area contributed by atoms with Crippen LogP contribution >= 0.6 is 11.8 Å². The number of oxazole rings is 1. The number of carbonyl (C=O) groups is 1. The van der Waals surface area contributed by atoms with Gasteiger partial charge in [-0.3, -0.25) is 0 Å². The van der Waals surface area contributed by atoms with Gasteiger partial charge in [0.25, 0.3) is 5.22 Å². The van der Waals surface area contributed by atoms with Gasteiger partial charge in [0.05, 0.1) is 18.7 Å². The molecule has 0 bridgehead atoms. The number of nitrogens with zero attached hydrogens (tertiary/aromatic N) is 2. The van der Waals surface area contributed by atoms with Gasteiger partial charge in [-0.2, -0.15) is 5.26 Å². The summed E-state index contributed by atoms with van der Waals surface area (Å²) in [4.78, 5) is 16.2. The second-order valence-electron chi connectivity index (χ2n) is 6.83. The molecule has 0 saturated carbocycles. The van der Waals surface area contributed by atoms with Crippen LogP contribution in [-0.2, 0) is 11.4 Å². The van der Waals surface area contributed by atoms with Crippen LogP contribution in [0.15, 0.2) is 81.3 Å². The van der Waals surface area contributed by atoms with Crippen LogP contribution in [0.5, 0.6) is 11.5 Å². The molecule has 4 aromatic rings. The molecule has 0 spiro atoms. The van der Waals surface area contributed by atoms with Crippen LogP contribution in [-0.4, -0.2) is 23.2 Å². The number of thioether (sulfide) groups is 1. The third kappa shape index (κ3) is 5.17. The maximum absolute atomic E-state index is 11.8. The fraction of sp³-hybridized carbons (Fsp3) is 0.0800. The van der Waals surface area contributed by atoms with E-state index in [0.717, 1.165) is 17.3 Å². The van der Waals surface area contributed by atoms with Crippen molar-refractivity contribution in [1.82, 2.24) is 4.98 Å². The number of aromatic nitrogens is 1. The summed E-state index contributed by atoms with van der Waals surface area (Å²) in [5, 5.41) is 19.1. The zero-order valence-electron chi connectivity index (χ0n) is 17.5. The lowest BCUT2D eigenvalue weighted by Crippen LogP contribution is -2.00. The lowest BCUT2D eigenvalue weighted by molar-refractivity contribution is -0.131. The Hall–Kier alpha value is -4.22. The van der Waals surface area contributed by atoms with E-state index >= 15 is 0 Å². The molecule has 0 amide bonds. The fourth-order valence-electron chi connectivity index (χ4n) is 3.08. The summed E-state index contributed by atoms with van der Waals surface area (Å²) in [6.45, 7) is 0.198. The Kier molecular flexibility index (Phi) is 6.62. The number of aliphatic carboxylic acids is 1. The lowest BCUT2D eigenvalue weighted by Gasteiger charge is -2.12. The van der Waals surface area contributed by atoms with E-state index in [1.807, 2.05) is 24.3 Å². The standard InChI is InChI=1S/C25H18N2O5S/c1-30-22-12-16(10-11-21(22)31-15-18-7-3-2-6-17(18)14-26)13-23(24(28)29)33-25-27-19-8-4-5-9-20(19)32-25/h2-13H,15H2,1H3,(H,28,29)/b23-13-. The van der Waals surface area contributed by atoms with Gasteiger partial charge in [-0.25, -0.2) is 9.78 Å². The van der Waals surface area contributed by atoms with E-state index in [1.54, 1.807) is 42.5 Å². The van der Waals surface area contributed by atoms with E-state index < -0.39 is 5.97 Å².